The predicted octanol–water partition coefficient (Wildman–Crippen LogP) is 7.22. The Morgan fingerprint density at radius 2 is 1.04 bits per heavy atom. The fraction of sp³-hybridized carbons (Fsp3) is 0.0400. The summed E-state index contributed by atoms with van der Waals surface area (Å²) in [6.45, 7) is 2.13. The molecule has 0 atom stereocenters. The highest BCUT2D eigenvalue weighted by Crippen LogP contribution is 2.48. The summed E-state index contributed by atoms with van der Waals surface area (Å²) in [4.78, 5) is 7.00. The van der Waals surface area contributed by atoms with Crippen molar-refractivity contribution in [2.75, 3.05) is 0 Å². The Bertz CT molecular complexity index is 1050. The van der Waals surface area contributed by atoms with Crippen molar-refractivity contribution in [2.45, 2.75) is 31.4 Å². The summed E-state index contributed by atoms with van der Waals surface area (Å²) in [5.41, 5.74) is 3.84. The fourth-order valence-corrected chi connectivity index (χ4v) is 7.16. The van der Waals surface area contributed by atoms with Crippen molar-refractivity contribution in [3.63, 3.8) is 0 Å². The fourth-order valence-electron chi connectivity index (χ4n) is 3.43. The quantitative estimate of drug-likeness (QED) is 0.290. The smallest absolute Gasteiger partial charge is 0.0795 e. The standard InChI is InChI=1S/C25H19S2/c1-18-10-12-19(13-11-18)20-14-16-21(17-15-20)27-24-8-4-2-6-22(24)26-23-7-3-5-9-25(23)27/h2-17H,1H3/q+1. The molecule has 0 saturated heterocycles. The van der Waals surface area contributed by atoms with Crippen molar-refractivity contribution in [3.8, 4) is 11.1 Å². The molecule has 2 heteroatoms. The van der Waals surface area contributed by atoms with E-state index in [2.05, 4.69) is 104 Å². The number of fused-ring (bicyclic) bond motifs is 2. The molecule has 27 heavy (non-hydrogen) atoms. The van der Waals surface area contributed by atoms with E-state index in [4.69, 9.17) is 0 Å². The van der Waals surface area contributed by atoms with Gasteiger partial charge in [-0.1, -0.05) is 65.9 Å². The van der Waals surface area contributed by atoms with Crippen molar-refractivity contribution in [1.82, 2.24) is 0 Å². The second-order valence-electron chi connectivity index (χ2n) is 6.69. The summed E-state index contributed by atoms with van der Waals surface area (Å²) in [7, 11) is -0.0471. The normalized spacial score (nSPS) is 13.1. The topological polar surface area (TPSA) is 0 Å². The van der Waals surface area contributed by atoms with Crippen molar-refractivity contribution in [1.29, 1.82) is 0 Å². The third kappa shape index (κ3) is 3.09. The highest BCUT2D eigenvalue weighted by Gasteiger charge is 2.37. The minimum atomic E-state index is -0.0471. The first-order valence-corrected chi connectivity index (χ1v) is 11.1. The maximum absolute atomic E-state index is 2.31. The zero-order valence-corrected chi connectivity index (χ0v) is 16.7. The molecule has 0 amide bonds. The summed E-state index contributed by atoms with van der Waals surface area (Å²) in [5, 5.41) is 0. The van der Waals surface area contributed by atoms with Crippen molar-refractivity contribution < 1.29 is 0 Å². The van der Waals surface area contributed by atoms with E-state index in [1.54, 1.807) is 0 Å². The molecule has 0 aromatic heterocycles. The van der Waals surface area contributed by atoms with Gasteiger partial charge in [0.2, 0.25) is 0 Å². The average Bonchev–Trinajstić information content (AvgIpc) is 2.73. The van der Waals surface area contributed by atoms with Crippen LogP contribution < -0.4 is 0 Å². The molecule has 0 fully saturated rings. The van der Waals surface area contributed by atoms with Crippen LogP contribution in [0.1, 0.15) is 5.56 Å². The van der Waals surface area contributed by atoms with Crippen molar-refractivity contribution in [3.05, 3.63) is 103 Å². The van der Waals surface area contributed by atoms with Crippen molar-refractivity contribution >= 4 is 22.7 Å². The molecule has 0 radical (unpaired) electrons. The van der Waals surface area contributed by atoms with Crippen LogP contribution in [0.2, 0.25) is 0 Å². The zero-order chi connectivity index (χ0) is 18.2. The number of hydrogen-bond acceptors (Lipinski definition) is 1. The molecule has 130 valence electrons. The van der Waals surface area contributed by atoms with Crippen LogP contribution in [0.5, 0.6) is 0 Å². The molecule has 1 aliphatic heterocycles. The molecule has 0 saturated carbocycles. The van der Waals surface area contributed by atoms with Crippen molar-refractivity contribution in [2.24, 2.45) is 0 Å². The Morgan fingerprint density at radius 1 is 0.556 bits per heavy atom. The van der Waals surface area contributed by atoms with E-state index in [0.29, 0.717) is 0 Å². The first-order valence-electron chi connectivity index (χ1n) is 9.07. The summed E-state index contributed by atoms with van der Waals surface area (Å²) < 4.78 is 0. The van der Waals surface area contributed by atoms with E-state index < -0.39 is 0 Å². The van der Waals surface area contributed by atoms with Gasteiger partial charge in [-0.05, 0) is 66.6 Å². The van der Waals surface area contributed by atoms with E-state index in [-0.39, 0.29) is 10.9 Å². The van der Waals surface area contributed by atoms with E-state index in [1.807, 2.05) is 11.8 Å². The van der Waals surface area contributed by atoms with Crippen LogP contribution in [0, 0.1) is 6.92 Å². The van der Waals surface area contributed by atoms with Crippen LogP contribution >= 0.6 is 11.8 Å². The largest absolute Gasteiger partial charge is 0.180 e. The Hall–Kier alpha value is -2.42. The first-order chi connectivity index (χ1) is 13.3. The highest BCUT2D eigenvalue weighted by molar-refractivity contribution is 8.04. The Labute approximate surface area is 167 Å². The molecule has 0 spiro atoms. The van der Waals surface area contributed by atoms with Crippen LogP contribution in [0.15, 0.2) is 122 Å². The van der Waals surface area contributed by atoms with E-state index >= 15 is 0 Å². The van der Waals surface area contributed by atoms with E-state index in [9.17, 15) is 0 Å². The van der Waals surface area contributed by atoms with Gasteiger partial charge in [-0.15, -0.1) is 0 Å². The summed E-state index contributed by atoms with van der Waals surface area (Å²) in [5.74, 6) is 0. The monoisotopic (exact) mass is 383 g/mol. The number of rotatable bonds is 2. The molecule has 0 bridgehead atoms. The average molecular weight is 384 g/mol. The van der Waals surface area contributed by atoms with Gasteiger partial charge >= 0.3 is 0 Å². The molecule has 0 N–H and O–H groups in total. The second kappa shape index (κ2) is 6.95. The Balaban J connectivity index is 1.59. The minimum Gasteiger partial charge on any atom is -0.0795 e. The van der Waals surface area contributed by atoms with Gasteiger partial charge in [-0.25, -0.2) is 0 Å². The van der Waals surface area contributed by atoms with Gasteiger partial charge in [0.05, 0.1) is 9.79 Å². The van der Waals surface area contributed by atoms with Crippen LogP contribution in [-0.2, 0) is 10.9 Å². The van der Waals surface area contributed by atoms with E-state index in [0.717, 1.165) is 0 Å². The van der Waals surface area contributed by atoms with Crippen LogP contribution in [0.4, 0.5) is 0 Å². The van der Waals surface area contributed by atoms with Gasteiger partial charge in [0, 0.05) is 0 Å². The van der Waals surface area contributed by atoms with E-state index in [1.165, 1.54) is 41.2 Å². The van der Waals surface area contributed by atoms with Crippen LogP contribution in [0.25, 0.3) is 11.1 Å². The molecule has 1 aliphatic rings. The van der Waals surface area contributed by atoms with Gasteiger partial charge < -0.3 is 0 Å². The number of hydrogen-bond donors (Lipinski definition) is 0. The minimum absolute atomic E-state index is 0.0471. The lowest BCUT2D eigenvalue weighted by Gasteiger charge is -2.18. The van der Waals surface area contributed by atoms with Gasteiger partial charge in [-0.3, -0.25) is 0 Å². The SMILES string of the molecule is Cc1ccc(-c2ccc([S+]3c4ccccc4Sc4ccccc43)cc2)cc1. The predicted molar refractivity (Wildman–Crippen MR) is 116 cm³/mol. The maximum Gasteiger partial charge on any atom is 0.180 e. The lowest BCUT2D eigenvalue weighted by Crippen LogP contribution is -2.10. The molecule has 5 rings (SSSR count). The molecular formula is C25H19S2+. The maximum atomic E-state index is 2.31. The van der Waals surface area contributed by atoms with Gasteiger partial charge in [0.1, 0.15) is 10.9 Å². The van der Waals surface area contributed by atoms with Crippen LogP contribution in [-0.4, -0.2) is 0 Å². The third-order valence-corrected chi connectivity index (χ3v) is 8.58. The first kappa shape index (κ1) is 16.7. The molecule has 4 aromatic carbocycles. The van der Waals surface area contributed by atoms with Crippen LogP contribution in [0.3, 0.4) is 0 Å². The van der Waals surface area contributed by atoms with Gasteiger partial charge in [0.25, 0.3) is 0 Å². The third-order valence-electron chi connectivity index (χ3n) is 4.83. The zero-order valence-electron chi connectivity index (χ0n) is 15.1. The summed E-state index contributed by atoms with van der Waals surface area (Å²) in [6, 6.07) is 35.6. The lowest BCUT2D eigenvalue weighted by molar-refractivity contribution is 1.12. The molecule has 0 aliphatic carbocycles. The molecule has 0 nitrogen and oxygen atoms in total. The molecule has 1 heterocycles. The summed E-state index contributed by atoms with van der Waals surface area (Å²) >= 11 is 1.89. The summed E-state index contributed by atoms with van der Waals surface area (Å²) in [6.07, 6.45) is 0. The Morgan fingerprint density at radius 3 is 1.59 bits per heavy atom. The number of benzene rings is 4. The van der Waals surface area contributed by atoms with Gasteiger partial charge in [-0.2, -0.15) is 0 Å². The second-order valence-corrected chi connectivity index (χ2v) is 9.74. The number of aryl methyl sites for hydroxylation is 1. The van der Waals surface area contributed by atoms with Gasteiger partial charge in [0.15, 0.2) is 14.7 Å². The lowest BCUT2D eigenvalue weighted by atomic mass is 10.0. The molecular weight excluding hydrogens is 364 g/mol. The molecule has 4 aromatic rings. The highest BCUT2D eigenvalue weighted by atomic mass is 32.2. The molecule has 0 unspecified atom stereocenters. The Kier molecular flexibility index (Phi) is 4.31.